The molecule has 3 aromatic carbocycles. The Hall–Kier alpha value is -4.41. The number of rotatable bonds is 6. The van der Waals surface area contributed by atoms with Crippen LogP contribution in [-0.2, 0) is 16.2 Å². The van der Waals surface area contributed by atoms with Crippen molar-refractivity contribution in [3.63, 3.8) is 0 Å². The first-order chi connectivity index (χ1) is 19.6. The van der Waals surface area contributed by atoms with Crippen molar-refractivity contribution in [2.75, 3.05) is 26.2 Å². The third-order valence-corrected chi connectivity index (χ3v) is 8.12. The first kappa shape index (κ1) is 32.1. The molecule has 0 radical (unpaired) electrons. The maximum atomic E-state index is 13.2. The number of non-ortho nitro benzene ring substituents is 1. The van der Waals surface area contributed by atoms with Gasteiger partial charge in [-0.15, -0.1) is 0 Å². The molecule has 0 unspecified atom stereocenters. The van der Waals surface area contributed by atoms with Crippen LogP contribution in [0.3, 0.4) is 0 Å². The highest BCUT2D eigenvalue weighted by Gasteiger charge is 2.35. The zero-order valence-corrected chi connectivity index (χ0v) is 22.5. The number of hydrogen-bond acceptors (Lipinski definition) is 7. The van der Waals surface area contributed by atoms with Crippen molar-refractivity contribution in [3.05, 3.63) is 92.8 Å². The topological polar surface area (TPSA) is 167 Å². The van der Waals surface area contributed by atoms with Crippen molar-refractivity contribution in [2.45, 2.75) is 18.0 Å². The lowest BCUT2D eigenvalue weighted by atomic mass is 9.90. The number of carboxylic acid groups (broad SMARTS) is 2. The van der Waals surface area contributed by atoms with E-state index in [-0.39, 0.29) is 33.3 Å². The van der Waals surface area contributed by atoms with E-state index in [9.17, 15) is 50.8 Å². The SMILES string of the molecule is Cc1c(C(=O)O)ccc(-c2ccc(F)cc2C(F)(F)F)c1C(=O)O.O=[N+]([O-])c1cccc(S(=O)(=O)N2CCNCC2)c1. The number of alkyl halides is 3. The predicted molar refractivity (Wildman–Crippen MR) is 140 cm³/mol. The number of hydrogen-bond donors (Lipinski definition) is 3. The quantitative estimate of drug-likeness (QED) is 0.207. The number of benzene rings is 3. The molecule has 3 N–H and O–H groups in total. The van der Waals surface area contributed by atoms with Gasteiger partial charge in [-0.3, -0.25) is 10.1 Å². The lowest BCUT2D eigenvalue weighted by molar-refractivity contribution is -0.385. The number of nitrogens with one attached hydrogen (secondary N) is 1. The van der Waals surface area contributed by atoms with Gasteiger partial charge in [-0.1, -0.05) is 18.2 Å². The Bertz CT molecular complexity index is 1640. The number of piperazine rings is 1. The molecule has 0 atom stereocenters. The molecule has 11 nitrogen and oxygen atoms in total. The third-order valence-electron chi connectivity index (χ3n) is 6.23. The van der Waals surface area contributed by atoms with Crippen LogP contribution >= 0.6 is 0 Å². The molecule has 16 heteroatoms. The summed E-state index contributed by atoms with van der Waals surface area (Å²) in [5.41, 5.74) is -3.54. The van der Waals surface area contributed by atoms with Gasteiger partial charge in [0.15, 0.2) is 0 Å². The summed E-state index contributed by atoms with van der Waals surface area (Å²) in [5.74, 6) is -4.11. The lowest BCUT2D eigenvalue weighted by Gasteiger charge is -2.26. The summed E-state index contributed by atoms with van der Waals surface area (Å²) in [6.07, 6.45) is -4.91. The molecular formula is C26H23F4N3O8S. The lowest BCUT2D eigenvalue weighted by Crippen LogP contribution is -2.46. The highest BCUT2D eigenvalue weighted by molar-refractivity contribution is 7.89. The van der Waals surface area contributed by atoms with E-state index >= 15 is 0 Å². The zero-order valence-electron chi connectivity index (χ0n) is 21.7. The van der Waals surface area contributed by atoms with Gasteiger partial charge in [0, 0.05) is 38.3 Å². The van der Waals surface area contributed by atoms with E-state index in [4.69, 9.17) is 5.11 Å². The van der Waals surface area contributed by atoms with Crippen LogP contribution in [0.15, 0.2) is 59.5 Å². The number of sulfonamides is 1. The molecule has 1 fully saturated rings. The molecule has 1 aliphatic rings. The molecule has 4 rings (SSSR count). The summed E-state index contributed by atoms with van der Waals surface area (Å²) in [4.78, 5) is 32.6. The molecule has 0 amide bonds. The van der Waals surface area contributed by atoms with E-state index in [1.54, 1.807) is 0 Å². The van der Waals surface area contributed by atoms with Crippen molar-refractivity contribution in [1.29, 1.82) is 0 Å². The summed E-state index contributed by atoms with van der Waals surface area (Å²) in [5, 5.41) is 32.0. The van der Waals surface area contributed by atoms with Crippen LogP contribution in [0.4, 0.5) is 23.2 Å². The zero-order chi connectivity index (χ0) is 31.4. The molecule has 0 aliphatic carbocycles. The average Bonchev–Trinajstić information content (AvgIpc) is 2.93. The van der Waals surface area contributed by atoms with Gasteiger partial charge >= 0.3 is 18.1 Å². The van der Waals surface area contributed by atoms with Crippen molar-refractivity contribution < 1.29 is 50.7 Å². The molecule has 42 heavy (non-hydrogen) atoms. The predicted octanol–water partition coefficient (Wildman–Crippen LogP) is 4.41. The van der Waals surface area contributed by atoms with Gasteiger partial charge in [0.1, 0.15) is 5.82 Å². The molecule has 1 aliphatic heterocycles. The number of aromatic carboxylic acids is 2. The molecule has 0 saturated carbocycles. The van der Waals surface area contributed by atoms with Crippen LogP contribution in [0.5, 0.6) is 0 Å². The largest absolute Gasteiger partial charge is 0.478 e. The number of nitro groups is 1. The van der Waals surface area contributed by atoms with E-state index in [1.807, 2.05) is 0 Å². The summed E-state index contributed by atoms with van der Waals surface area (Å²) in [6, 6.07) is 8.98. The molecular weight excluding hydrogens is 590 g/mol. The summed E-state index contributed by atoms with van der Waals surface area (Å²) in [7, 11) is -3.63. The minimum absolute atomic E-state index is 0.0291. The number of carbonyl (C=O) groups is 2. The second-order valence-electron chi connectivity index (χ2n) is 8.87. The maximum Gasteiger partial charge on any atom is 0.417 e. The maximum absolute atomic E-state index is 13.2. The Morgan fingerprint density at radius 3 is 2.14 bits per heavy atom. The molecule has 1 heterocycles. The molecule has 224 valence electrons. The Morgan fingerprint density at radius 2 is 1.60 bits per heavy atom. The average molecular weight is 614 g/mol. The monoisotopic (exact) mass is 613 g/mol. The Labute approximate surface area is 236 Å². The smallest absolute Gasteiger partial charge is 0.417 e. The van der Waals surface area contributed by atoms with Crippen LogP contribution in [0, 0.1) is 22.9 Å². The molecule has 0 bridgehead atoms. The van der Waals surface area contributed by atoms with Crippen molar-refractivity contribution >= 4 is 27.6 Å². The van der Waals surface area contributed by atoms with Crippen molar-refractivity contribution in [3.8, 4) is 11.1 Å². The number of nitrogens with zero attached hydrogens (tertiary/aromatic N) is 2. The van der Waals surface area contributed by atoms with Crippen LogP contribution in [-0.4, -0.2) is 66.0 Å². The molecule has 1 saturated heterocycles. The normalized spacial score (nSPS) is 14.0. The first-order valence-electron chi connectivity index (χ1n) is 12.0. The van der Waals surface area contributed by atoms with Crippen LogP contribution < -0.4 is 5.32 Å². The van der Waals surface area contributed by atoms with E-state index in [1.165, 1.54) is 29.4 Å². The van der Waals surface area contributed by atoms with E-state index in [2.05, 4.69) is 5.32 Å². The van der Waals surface area contributed by atoms with E-state index in [0.29, 0.717) is 26.2 Å². The van der Waals surface area contributed by atoms with Gasteiger partial charge in [-0.05, 0) is 47.9 Å². The first-order valence-corrected chi connectivity index (χ1v) is 13.4. The van der Waals surface area contributed by atoms with Crippen LogP contribution in [0.2, 0.25) is 0 Å². The van der Waals surface area contributed by atoms with Crippen LogP contribution in [0.1, 0.15) is 31.8 Å². The molecule has 3 aromatic rings. The van der Waals surface area contributed by atoms with Gasteiger partial charge < -0.3 is 15.5 Å². The molecule has 0 aromatic heterocycles. The number of carboxylic acids is 2. The van der Waals surface area contributed by atoms with Gasteiger partial charge in [0.25, 0.3) is 5.69 Å². The highest BCUT2D eigenvalue weighted by Crippen LogP contribution is 2.39. The fourth-order valence-corrected chi connectivity index (χ4v) is 5.70. The van der Waals surface area contributed by atoms with Gasteiger partial charge in [0.2, 0.25) is 10.0 Å². The minimum atomic E-state index is -4.91. The summed E-state index contributed by atoms with van der Waals surface area (Å²) < 4.78 is 78.5. The van der Waals surface area contributed by atoms with Crippen LogP contribution in [0.25, 0.3) is 11.1 Å². The van der Waals surface area contributed by atoms with Gasteiger partial charge in [0.05, 0.1) is 26.5 Å². The van der Waals surface area contributed by atoms with Crippen molar-refractivity contribution in [1.82, 2.24) is 9.62 Å². The van der Waals surface area contributed by atoms with E-state index in [0.717, 1.165) is 30.3 Å². The minimum Gasteiger partial charge on any atom is -0.478 e. The van der Waals surface area contributed by atoms with E-state index < -0.39 is 55.6 Å². The molecule has 0 spiro atoms. The van der Waals surface area contributed by atoms with Gasteiger partial charge in [-0.2, -0.15) is 17.5 Å². The summed E-state index contributed by atoms with van der Waals surface area (Å²) in [6.45, 7) is 3.13. The Kier molecular flexibility index (Phi) is 9.65. The standard InChI is InChI=1S/C16H10F4O4.C10H13N3O4S/c1-7-9(14(21)22)4-5-11(13(7)15(23)24)10-3-2-8(17)6-12(10)16(18,19)20;14-13(15)9-2-1-3-10(8-9)18(16,17)12-6-4-11-5-7-12/h2-6H,1H3,(H,21,22)(H,23,24);1-3,8,11H,4-7H2. The second kappa shape index (κ2) is 12.6. The Morgan fingerprint density at radius 1 is 0.976 bits per heavy atom. The summed E-state index contributed by atoms with van der Waals surface area (Å²) >= 11 is 0. The number of nitro benzene ring substituents is 1. The van der Waals surface area contributed by atoms with Gasteiger partial charge in [-0.25, -0.2) is 22.4 Å². The highest BCUT2D eigenvalue weighted by atomic mass is 32.2. The van der Waals surface area contributed by atoms with Crippen molar-refractivity contribution in [2.24, 2.45) is 0 Å². The fraction of sp³-hybridized carbons (Fsp3) is 0.231. The third kappa shape index (κ3) is 7.07. The Balaban J connectivity index is 0.000000240. The second-order valence-corrected chi connectivity index (χ2v) is 10.8. The number of halogens is 4. The fourth-order valence-electron chi connectivity index (χ4n) is 4.22.